The molecule has 0 N–H and O–H groups in total. The van der Waals surface area contributed by atoms with Crippen LogP contribution in [-0.4, -0.2) is 36.6 Å². The number of amides is 1. The molecule has 2 fully saturated rings. The second-order valence-electron chi connectivity index (χ2n) is 6.14. The topological polar surface area (TPSA) is 29.5 Å². The number of rotatable bonds is 4. The molecule has 0 spiro atoms. The molecule has 3 nitrogen and oxygen atoms in total. The molecule has 2 atom stereocenters. The van der Waals surface area contributed by atoms with E-state index < -0.39 is 0 Å². The third kappa shape index (κ3) is 3.47. The van der Waals surface area contributed by atoms with Crippen molar-refractivity contribution in [1.29, 1.82) is 0 Å². The lowest BCUT2D eigenvalue weighted by molar-refractivity contribution is -0.138. The first kappa shape index (κ1) is 13.9. The highest BCUT2D eigenvalue weighted by Gasteiger charge is 2.28. The largest absolute Gasteiger partial charge is 0.381 e. The van der Waals surface area contributed by atoms with Gasteiger partial charge < -0.3 is 9.64 Å². The molecule has 0 aromatic carbocycles. The summed E-state index contributed by atoms with van der Waals surface area (Å²) in [5.74, 6) is 1.23. The number of hydrogen-bond acceptors (Lipinski definition) is 2. The summed E-state index contributed by atoms with van der Waals surface area (Å²) < 4.78 is 5.43. The van der Waals surface area contributed by atoms with Crippen molar-refractivity contribution in [2.45, 2.75) is 58.4 Å². The molecular weight excluding hydrogens is 226 g/mol. The van der Waals surface area contributed by atoms with E-state index in [0.717, 1.165) is 25.7 Å². The van der Waals surface area contributed by atoms with Gasteiger partial charge in [0.1, 0.15) is 0 Å². The molecule has 0 bridgehead atoms. The maximum Gasteiger partial charge on any atom is 0.225 e. The predicted octanol–water partition coefficient (Wildman–Crippen LogP) is 2.84. The Morgan fingerprint density at radius 3 is 2.78 bits per heavy atom. The number of piperidine rings is 1. The quantitative estimate of drug-likeness (QED) is 0.771. The van der Waals surface area contributed by atoms with E-state index in [2.05, 4.69) is 4.90 Å². The fourth-order valence-corrected chi connectivity index (χ4v) is 3.16. The molecule has 104 valence electrons. The van der Waals surface area contributed by atoms with Crippen molar-refractivity contribution in [2.24, 2.45) is 11.8 Å². The predicted molar refractivity (Wildman–Crippen MR) is 72.4 cm³/mol. The molecule has 3 heteroatoms. The molecule has 0 aromatic heterocycles. The minimum Gasteiger partial charge on any atom is -0.381 e. The van der Waals surface area contributed by atoms with Crippen LogP contribution in [0.4, 0.5) is 0 Å². The Morgan fingerprint density at radius 1 is 1.28 bits per heavy atom. The Hall–Kier alpha value is -0.570. The van der Waals surface area contributed by atoms with Crippen molar-refractivity contribution >= 4 is 5.91 Å². The van der Waals surface area contributed by atoms with Gasteiger partial charge in [-0.3, -0.25) is 4.79 Å². The first-order valence-corrected chi connectivity index (χ1v) is 7.56. The van der Waals surface area contributed by atoms with Crippen LogP contribution >= 0.6 is 0 Å². The molecule has 2 unspecified atom stereocenters. The van der Waals surface area contributed by atoms with Gasteiger partial charge in [0.25, 0.3) is 0 Å². The molecule has 2 aliphatic heterocycles. The zero-order valence-corrected chi connectivity index (χ0v) is 11.9. The summed E-state index contributed by atoms with van der Waals surface area (Å²) in [7, 11) is 0. The summed E-state index contributed by atoms with van der Waals surface area (Å²) in [5.41, 5.74) is 0. The normalized spacial score (nSPS) is 28.9. The van der Waals surface area contributed by atoms with Crippen molar-refractivity contribution < 1.29 is 9.53 Å². The molecule has 2 saturated heterocycles. The van der Waals surface area contributed by atoms with Crippen molar-refractivity contribution in [2.75, 3.05) is 19.8 Å². The number of likely N-dealkylation sites (tertiary alicyclic amines) is 1. The fraction of sp³-hybridized carbons (Fsp3) is 0.933. The first-order chi connectivity index (χ1) is 8.68. The van der Waals surface area contributed by atoms with E-state index in [-0.39, 0.29) is 5.92 Å². The Morgan fingerprint density at radius 2 is 2.11 bits per heavy atom. The molecule has 0 aliphatic carbocycles. The minimum absolute atomic E-state index is 0.139. The molecule has 0 aromatic rings. The van der Waals surface area contributed by atoms with Crippen LogP contribution in [0.3, 0.4) is 0 Å². The van der Waals surface area contributed by atoms with Gasteiger partial charge in [0.05, 0.1) is 0 Å². The molecule has 1 amide bonds. The third-order valence-electron chi connectivity index (χ3n) is 4.34. The molecular formula is C15H27NO2. The highest BCUT2D eigenvalue weighted by molar-refractivity contribution is 5.78. The molecule has 18 heavy (non-hydrogen) atoms. The molecule has 2 heterocycles. The van der Waals surface area contributed by atoms with Gasteiger partial charge in [-0.1, -0.05) is 13.8 Å². The fourth-order valence-electron chi connectivity index (χ4n) is 3.16. The Kier molecular flexibility index (Phi) is 5.04. The SMILES string of the molecule is CC(C)C(=O)N1CCCCC1CCC1CCOC1. The van der Waals surface area contributed by atoms with Crippen molar-refractivity contribution in [3.05, 3.63) is 0 Å². The Labute approximate surface area is 111 Å². The number of hydrogen-bond donors (Lipinski definition) is 0. The van der Waals surface area contributed by atoms with Crippen LogP contribution in [-0.2, 0) is 9.53 Å². The van der Waals surface area contributed by atoms with Gasteiger partial charge in [-0.2, -0.15) is 0 Å². The maximum absolute atomic E-state index is 12.2. The van der Waals surface area contributed by atoms with Crippen LogP contribution in [0.15, 0.2) is 0 Å². The van der Waals surface area contributed by atoms with Gasteiger partial charge in [0.2, 0.25) is 5.91 Å². The van der Waals surface area contributed by atoms with E-state index in [0.29, 0.717) is 11.9 Å². The summed E-state index contributed by atoms with van der Waals surface area (Å²) in [6.07, 6.45) is 7.28. The van der Waals surface area contributed by atoms with Crippen LogP contribution in [0.1, 0.15) is 52.4 Å². The van der Waals surface area contributed by atoms with Crippen molar-refractivity contribution in [3.8, 4) is 0 Å². The van der Waals surface area contributed by atoms with Crippen LogP contribution < -0.4 is 0 Å². The van der Waals surface area contributed by atoms with Gasteiger partial charge in [0, 0.05) is 31.7 Å². The van der Waals surface area contributed by atoms with Crippen LogP contribution in [0, 0.1) is 11.8 Å². The van der Waals surface area contributed by atoms with Gasteiger partial charge in [-0.25, -0.2) is 0 Å². The second kappa shape index (κ2) is 6.55. The lowest BCUT2D eigenvalue weighted by atomic mass is 9.92. The summed E-state index contributed by atoms with van der Waals surface area (Å²) in [4.78, 5) is 14.4. The summed E-state index contributed by atoms with van der Waals surface area (Å²) in [6, 6.07) is 0.495. The Balaban J connectivity index is 1.84. The van der Waals surface area contributed by atoms with Gasteiger partial charge >= 0.3 is 0 Å². The van der Waals surface area contributed by atoms with Gasteiger partial charge in [0.15, 0.2) is 0 Å². The summed E-state index contributed by atoms with van der Waals surface area (Å²) >= 11 is 0. The lowest BCUT2D eigenvalue weighted by Crippen LogP contribution is -2.45. The Bertz CT molecular complexity index is 272. The first-order valence-electron chi connectivity index (χ1n) is 7.56. The second-order valence-corrected chi connectivity index (χ2v) is 6.14. The number of carbonyl (C=O) groups is 1. The monoisotopic (exact) mass is 253 g/mol. The highest BCUT2D eigenvalue weighted by atomic mass is 16.5. The summed E-state index contributed by atoms with van der Waals surface area (Å²) in [5, 5.41) is 0. The van der Waals surface area contributed by atoms with Crippen LogP contribution in [0.2, 0.25) is 0 Å². The molecule has 0 radical (unpaired) electrons. The standard InChI is InChI=1S/C15H27NO2/c1-12(2)15(17)16-9-4-3-5-14(16)7-6-13-8-10-18-11-13/h12-14H,3-11H2,1-2H3. The van der Waals surface area contributed by atoms with Crippen molar-refractivity contribution in [3.63, 3.8) is 0 Å². The molecule has 2 aliphatic rings. The summed E-state index contributed by atoms with van der Waals surface area (Å²) in [6.45, 7) is 6.87. The van der Waals surface area contributed by atoms with E-state index in [9.17, 15) is 4.79 Å². The van der Waals surface area contributed by atoms with Gasteiger partial charge in [-0.15, -0.1) is 0 Å². The van der Waals surface area contributed by atoms with E-state index in [4.69, 9.17) is 4.74 Å². The van der Waals surface area contributed by atoms with E-state index in [1.165, 1.54) is 38.5 Å². The average Bonchev–Trinajstić information content (AvgIpc) is 2.89. The van der Waals surface area contributed by atoms with Crippen molar-refractivity contribution in [1.82, 2.24) is 4.90 Å². The van der Waals surface area contributed by atoms with Crippen LogP contribution in [0.5, 0.6) is 0 Å². The number of nitrogens with zero attached hydrogens (tertiary/aromatic N) is 1. The van der Waals surface area contributed by atoms with E-state index in [1.54, 1.807) is 0 Å². The number of carbonyl (C=O) groups excluding carboxylic acids is 1. The van der Waals surface area contributed by atoms with Gasteiger partial charge in [-0.05, 0) is 44.4 Å². The lowest BCUT2D eigenvalue weighted by Gasteiger charge is -2.37. The smallest absolute Gasteiger partial charge is 0.225 e. The average molecular weight is 253 g/mol. The zero-order valence-electron chi connectivity index (χ0n) is 11.9. The maximum atomic E-state index is 12.2. The van der Waals surface area contributed by atoms with E-state index >= 15 is 0 Å². The number of ether oxygens (including phenoxy) is 1. The minimum atomic E-state index is 0.139. The zero-order chi connectivity index (χ0) is 13.0. The highest BCUT2D eigenvalue weighted by Crippen LogP contribution is 2.26. The third-order valence-corrected chi connectivity index (χ3v) is 4.34. The van der Waals surface area contributed by atoms with Crippen LogP contribution in [0.25, 0.3) is 0 Å². The molecule has 2 rings (SSSR count). The molecule has 0 saturated carbocycles. The van der Waals surface area contributed by atoms with E-state index in [1.807, 2.05) is 13.8 Å².